The number of aryl methyl sites for hydroxylation is 2. The summed E-state index contributed by atoms with van der Waals surface area (Å²) in [5.74, 6) is 1.57. The first-order chi connectivity index (χ1) is 19.0. The fraction of sp³-hybridized carbons (Fsp3) is 0.310. The summed E-state index contributed by atoms with van der Waals surface area (Å²) in [5, 5.41) is 5.28. The number of benzene rings is 1. The van der Waals surface area contributed by atoms with Gasteiger partial charge in [-0.2, -0.15) is 5.10 Å². The van der Waals surface area contributed by atoms with Crippen molar-refractivity contribution in [1.82, 2.24) is 34.6 Å². The zero-order chi connectivity index (χ0) is 26.7. The highest BCUT2D eigenvalue weighted by atomic mass is 19.1. The van der Waals surface area contributed by atoms with Gasteiger partial charge in [0.15, 0.2) is 17.4 Å². The van der Waals surface area contributed by atoms with Gasteiger partial charge in [-0.15, -0.1) is 0 Å². The normalized spacial score (nSPS) is 18.9. The van der Waals surface area contributed by atoms with E-state index in [-0.39, 0.29) is 11.6 Å². The second-order valence-electron chi connectivity index (χ2n) is 10.5. The Morgan fingerprint density at radius 3 is 2.62 bits per heavy atom. The molecule has 10 heteroatoms. The molecule has 0 spiro atoms. The number of nitrogens with one attached hydrogen (secondary N) is 1. The highest BCUT2D eigenvalue weighted by Gasteiger charge is 2.44. The third-order valence-electron chi connectivity index (χ3n) is 7.96. The van der Waals surface area contributed by atoms with Gasteiger partial charge in [0.05, 0.1) is 24.6 Å². The Hall–Kier alpha value is -4.31. The standard InChI is InChI=1S/C29H29FN8O/c1-17-10-32-29-26(17)27(34-28(35-29)20-12-33-36(2)14-20)19-5-7-25(31-11-19)37-15-21-9-22(16-37)38(21)13-18-4-6-24(39-3)23(30)8-18/h4-8,10-12,14,21-22H,9,13,15-16H2,1-3H3,(H,32,34,35). The Labute approximate surface area is 225 Å². The van der Waals surface area contributed by atoms with E-state index in [2.05, 4.69) is 38.9 Å². The second kappa shape index (κ2) is 9.16. The Morgan fingerprint density at radius 2 is 1.92 bits per heavy atom. The molecule has 0 saturated carbocycles. The number of aromatic nitrogens is 6. The summed E-state index contributed by atoms with van der Waals surface area (Å²) in [6, 6.07) is 10.3. The molecule has 0 aliphatic carbocycles. The number of piperazine rings is 1. The first-order valence-corrected chi connectivity index (χ1v) is 13.1. The van der Waals surface area contributed by atoms with Crippen LogP contribution in [0.3, 0.4) is 0 Å². The van der Waals surface area contributed by atoms with Crippen LogP contribution in [-0.2, 0) is 13.6 Å². The van der Waals surface area contributed by atoms with Gasteiger partial charge in [0.2, 0.25) is 0 Å². The van der Waals surface area contributed by atoms with Crippen molar-refractivity contribution < 1.29 is 9.13 Å². The molecule has 3 fully saturated rings. The summed E-state index contributed by atoms with van der Waals surface area (Å²) in [6.07, 6.45) is 8.73. The zero-order valence-corrected chi connectivity index (χ0v) is 22.1. The van der Waals surface area contributed by atoms with E-state index in [0.717, 1.165) is 70.9 Å². The molecule has 2 atom stereocenters. The lowest BCUT2D eigenvalue weighted by atomic mass is 9.86. The van der Waals surface area contributed by atoms with E-state index in [1.165, 1.54) is 7.11 Å². The van der Waals surface area contributed by atoms with Gasteiger partial charge in [-0.25, -0.2) is 19.3 Å². The smallest absolute Gasteiger partial charge is 0.165 e. The van der Waals surface area contributed by atoms with Crippen molar-refractivity contribution in [2.24, 2.45) is 7.05 Å². The molecular weight excluding hydrogens is 495 g/mol. The van der Waals surface area contributed by atoms with E-state index >= 15 is 0 Å². The van der Waals surface area contributed by atoms with Crippen molar-refractivity contribution in [2.45, 2.75) is 32.0 Å². The number of hydrogen-bond donors (Lipinski definition) is 1. The number of methoxy groups -OCH3 is 1. The van der Waals surface area contributed by atoms with Crippen molar-refractivity contribution in [3.63, 3.8) is 0 Å². The fourth-order valence-electron chi connectivity index (χ4n) is 5.93. The maximum atomic E-state index is 14.2. The minimum atomic E-state index is -0.310. The number of H-pyrrole nitrogens is 1. The molecule has 0 amide bonds. The molecule has 1 aromatic carbocycles. The third kappa shape index (κ3) is 4.11. The molecule has 1 N–H and O–H groups in total. The van der Waals surface area contributed by atoms with Crippen LogP contribution in [0.2, 0.25) is 0 Å². The number of anilines is 1. The molecule has 3 aliphatic rings. The number of halogens is 1. The van der Waals surface area contributed by atoms with Crippen molar-refractivity contribution in [2.75, 3.05) is 25.1 Å². The summed E-state index contributed by atoms with van der Waals surface area (Å²) in [5.41, 5.74) is 5.54. The van der Waals surface area contributed by atoms with Crippen molar-refractivity contribution in [3.05, 3.63) is 72.1 Å². The molecule has 2 unspecified atom stereocenters. The van der Waals surface area contributed by atoms with Gasteiger partial charge < -0.3 is 14.6 Å². The number of piperidine rings is 1. The fourth-order valence-corrected chi connectivity index (χ4v) is 5.93. The van der Waals surface area contributed by atoms with Crippen LogP contribution in [0.5, 0.6) is 5.75 Å². The second-order valence-corrected chi connectivity index (χ2v) is 10.5. The van der Waals surface area contributed by atoms with Crippen LogP contribution >= 0.6 is 0 Å². The molecule has 5 aromatic rings. The first-order valence-electron chi connectivity index (χ1n) is 13.1. The molecule has 198 valence electrons. The minimum absolute atomic E-state index is 0.283. The lowest BCUT2D eigenvalue weighted by Crippen LogP contribution is -2.68. The Bertz CT molecular complexity index is 1660. The number of fused-ring (bicyclic) bond motifs is 3. The Balaban J connectivity index is 1.10. The minimum Gasteiger partial charge on any atom is -0.494 e. The quantitative estimate of drug-likeness (QED) is 0.354. The predicted octanol–water partition coefficient (Wildman–Crippen LogP) is 4.34. The van der Waals surface area contributed by atoms with E-state index in [1.54, 1.807) is 23.0 Å². The monoisotopic (exact) mass is 524 g/mol. The topological polar surface area (TPSA) is 88.0 Å². The summed E-state index contributed by atoms with van der Waals surface area (Å²) >= 11 is 0. The molecule has 9 nitrogen and oxygen atoms in total. The largest absolute Gasteiger partial charge is 0.494 e. The highest BCUT2D eigenvalue weighted by molar-refractivity contribution is 5.94. The molecular formula is C29H29FN8O. The van der Waals surface area contributed by atoms with Gasteiger partial charge in [0, 0.05) is 68.3 Å². The summed E-state index contributed by atoms with van der Waals surface area (Å²) in [6.45, 7) is 4.61. The van der Waals surface area contributed by atoms with Crippen LogP contribution in [0, 0.1) is 12.7 Å². The predicted molar refractivity (Wildman–Crippen MR) is 147 cm³/mol. The van der Waals surface area contributed by atoms with Crippen LogP contribution in [0.4, 0.5) is 10.2 Å². The molecule has 8 rings (SSSR count). The van der Waals surface area contributed by atoms with Crippen molar-refractivity contribution in [1.29, 1.82) is 0 Å². The van der Waals surface area contributed by atoms with E-state index in [0.29, 0.717) is 17.9 Å². The first kappa shape index (κ1) is 23.8. The maximum absolute atomic E-state index is 14.2. The Kier molecular flexibility index (Phi) is 5.59. The molecule has 7 heterocycles. The molecule has 0 radical (unpaired) electrons. The van der Waals surface area contributed by atoms with Gasteiger partial charge >= 0.3 is 0 Å². The van der Waals surface area contributed by atoms with E-state index in [4.69, 9.17) is 19.7 Å². The summed E-state index contributed by atoms with van der Waals surface area (Å²) in [7, 11) is 3.37. The van der Waals surface area contributed by atoms with Gasteiger partial charge in [-0.1, -0.05) is 6.07 Å². The Morgan fingerprint density at radius 1 is 1.08 bits per heavy atom. The van der Waals surface area contributed by atoms with E-state index in [9.17, 15) is 4.39 Å². The average molecular weight is 525 g/mol. The molecule has 2 bridgehead atoms. The van der Waals surface area contributed by atoms with Crippen molar-refractivity contribution >= 4 is 16.9 Å². The number of rotatable bonds is 6. The maximum Gasteiger partial charge on any atom is 0.165 e. The number of ether oxygens (including phenoxy) is 1. The summed E-state index contributed by atoms with van der Waals surface area (Å²) < 4.78 is 21.0. The average Bonchev–Trinajstić information content (AvgIpc) is 3.57. The van der Waals surface area contributed by atoms with Gasteiger partial charge in [-0.05, 0) is 48.7 Å². The van der Waals surface area contributed by atoms with Gasteiger partial charge in [0.1, 0.15) is 11.5 Å². The van der Waals surface area contributed by atoms with Crippen LogP contribution in [0.25, 0.3) is 33.7 Å². The lowest BCUT2D eigenvalue weighted by molar-refractivity contribution is -0.00875. The van der Waals surface area contributed by atoms with E-state index in [1.807, 2.05) is 31.7 Å². The number of pyridine rings is 1. The molecule has 4 aromatic heterocycles. The molecule has 3 saturated heterocycles. The zero-order valence-electron chi connectivity index (χ0n) is 22.1. The molecule has 3 aliphatic heterocycles. The lowest BCUT2D eigenvalue weighted by Gasteiger charge is -2.56. The number of nitrogens with zero attached hydrogens (tertiary/aromatic N) is 7. The summed E-state index contributed by atoms with van der Waals surface area (Å²) in [4.78, 5) is 22.6. The van der Waals surface area contributed by atoms with Crippen LogP contribution in [0.15, 0.2) is 55.1 Å². The molecule has 39 heavy (non-hydrogen) atoms. The van der Waals surface area contributed by atoms with Crippen LogP contribution in [0.1, 0.15) is 17.5 Å². The highest BCUT2D eigenvalue weighted by Crippen LogP contribution is 2.37. The van der Waals surface area contributed by atoms with Crippen LogP contribution < -0.4 is 9.64 Å². The number of hydrogen-bond acceptors (Lipinski definition) is 7. The van der Waals surface area contributed by atoms with Gasteiger partial charge in [-0.3, -0.25) is 9.58 Å². The third-order valence-corrected chi connectivity index (χ3v) is 7.96. The van der Waals surface area contributed by atoms with Crippen molar-refractivity contribution in [3.8, 4) is 28.4 Å². The SMILES string of the molecule is COc1ccc(CN2C3CC2CN(c2ccc(-c4nc(-c5cnn(C)c5)nc5[nH]cc(C)c45)cn2)C3)cc1F. The van der Waals surface area contributed by atoms with Gasteiger partial charge in [0.25, 0.3) is 0 Å². The van der Waals surface area contributed by atoms with Crippen LogP contribution in [-0.4, -0.2) is 66.9 Å². The van der Waals surface area contributed by atoms with E-state index < -0.39 is 0 Å². The number of aromatic amines is 1.